The van der Waals surface area contributed by atoms with E-state index in [1.807, 2.05) is 64.1 Å². The van der Waals surface area contributed by atoms with Crippen molar-refractivity contribution in [1.29, 1.82) is 0 Å². The number of hydrogen-bond acceptors (Lipinski definition) is 7. The highest BCUT2D eigenvalue weighted by molar-refractivity contribution is 5.95. The van der Waals surface area contributed by atoms with Gasteiger partial charge in [0, 0.05) is 16.9 Å². The average molecular weight is 609 g/mol. The highest BCUT2D eigenvalue weighted by atomic mass is 16.8. The van der Waals surface area contributed by atoms with Gasteiger partial charge in [0.05, 0.1) is 35.1 Å². The Kier molecular flexibility index (Phi) is 7.01. The molecule has 7 rings (SSSR count). The summed E-state index contributed by atoms with van der Waals surface area (Å²) >= 11 is 0. The highest BCUT2D eigenvalue weighted by Gasteiger charge is 2.71. The number of carbonyl (C=O) groups is 1. The number of fused-ring (bicyclic) bond motifs is 6. The Balaban J connectivity index is 1.18. The lowest BCUT2D eigenvalue weighted by molar-refractivity contribution is -0.190. The summed E-state index contributed by atoms with van der Waals surface area (Å²) in [6, 6.07) is 10.1. The molecule has 6 aliphatic rings. The zero-order valence-corrected chi connectivity index (χ0v) is 27.6. The molecule has 2 heterocycles. The molecular weight excluding hydrogens is 556 g/mol. The number of hydrogen-bond donors (Lipinski definition) is 2. The van der Waals surface area contributed by atoms with Crippen LogP contribution in [0.1, 0.15) is 112 Å². The molecule has 0 unspecified atom stereocenters. The van der Waals surface area contributed by atoms with Crippen LogP contribution in [0.5, 0.6) is 0 Å². The molecule has 0 amide bonds. The molecule has 0 spiro atoms. The van der Waals surface area contributed by atoms with Gasteiger partial charge >= 0.3 is 0 Å². The molecule has 0 radical (unpaired) electrons. The SMILES string of the molecule is CC(C)(O)CC[C@H]1OC(C)(C)O[C@]1(C)[C@H]1CC[C@@]2(O)C3=CC(=O)[C@@H]4C[C@H]5O[C@@H](c6ccccc6)O[C@H]5C[C@]4(C)[C@H]3CC[C@]12C. The van der Waals surface area contributed by atoms with Crippen LogP contribution in [0.3, 0.4) is 0 Å². The van der Waals surface area contributed by atoms with Crippen molar-refractivity contribution in [3.63, 3.8) is 0 Å². The predicted molar refractivity (Wildman–Crippen MR) is 165 cm³/mol. The second-order valence-corrected chi connectivity index (χ2v) is 16.7. The molecule has 1 aromatic rings. The van der Waals surface area contributed by atoms with E-state index in [-0.39, 0.29) is 47.3 Å². The third kappa shape index (κ3) is 4.55. The average Bonchev–Trinajstić information content (AvgIpc) is 3.55. The fraction of sp³-hybridized carbons (Fsp3) is 0.757. The first-order chi connectivity index (χ1) is 20.5. The van der Waals surface area contributed by atoms with Crippen molar-refractivity contribution in [2.45, 2.75) is 147 Å². The van der Waals surface area contributed by atoms with Crippen molar-refractivity contribution in [1.82, 2.24) is 0 Å². The Hall–Kier alpha value is -1.61. The number of rotatable bonds is 5. The van der Waals surface area contributed by atoms with Gasteiger partial charge in [0.2, 0.25) is 0 Å². The number of ether oxygens (including phenoxy) is 4. The van der Waals surface area contributed by atoms with Crippen molar-refractivity contribution < 1.29 is 34.0 Å². The third-order valence-corrected chi connectivity index (χ3v) is 13.0. The number of ketones is 1. The summed E-state index contributed by atoms with van der Waals surface area (Å²) in [6.07, 6.45) is 6.88. The van der Waals surface area contributed by atoms with Gasteiger partial charge in [-0.05, 0) is 115 Å². The van der Waals surface area contributed by atoms with Crippen LogP contribution in [0.15, 0.2) is 42.0 Å². The molecule has 3 saturated carbocycles. The van der Waals surface area contributed by atoms with E-state index < -0.39 is 34.3 Å². The molecular formula is C37H52O7. The summed E-state index contributed by atoms with van der Waals surface area (Å²) in [5.74, 6) is -0.630. The first kappa shape index (κ1) is 31.0. The molecule has 2 aliphatic heterocycles. The van der Waals surface area contributed by atoms with Gasteiger partial charge in [-0.1, -0.05) is 44.2 Å². The van der Waals surface area contributed by atoms with Crippen LogP contribution >= 0.6 is 0 Å². The first-order valence-electron chi connectivity index (χ1n) is 16.9. The van der Waals surface area contributed by atoms with E-state index in [1.165, 1.54) is 0 Å². The molecule has 11 atom stereocenters. The molecule has 4 aliphatic carbocycles. The van der Waals surface area contributed by atoms with E-state index in [0.717, 1.165) is 36.8 Å². The van der Waals surface area contributed by atoms with Crippen molar-refractivity contribution >= 4 is 5.78 Å². The summed E-state index contributed by atoms with van der Waals surface area (Å²) in [5.41, 5.74) is -1.37. The van der Waals surface area contributed by atoms with Crippen LogP contribution in [0.4, 0.5) is 0 Å². The van der Waals surface area contributed by atoms with E-state index >= 15 is 0 Å². The van der Waals surface area contributed by atoms with Gasteiger partial charge in [-0.3, -0.25) is 4.79 Å². The van der Waals surface area contributed by atoms with Crippen LogP contribution in [-0.4, -0.2) is 56.9 Å². The second-order valence-electron chi connectivity index (χ2n) is 16.7. The first-order valence-corrected chi connectivity index (χ1v) is 16.9. The Morgan fingerprint density at radius 1 is 0.955 bits per heavy atom. The summed E-state index contributed by atoms with van der Waals surface area (Å²) in [6.45, 7) is 14.2. The van der Waals surface area contributed by atoms with Crippen LogP contribution in [-0.2, 0) is 23.7 Å². The van der Waals surface area contributed by atoms with Crippen LogP contribution in [0, 0.1) is 28.6 Å². The molecule has 2 saturated heterocycles. The zero-order valence-electron chi connectivity index (χ0n) is 27.6. The Morgan fingerprint density at radius 3 is 2.36 bits per heavy atom. The van der Waals surface area contributed by atoms with E-state index in [0.29, 0.717) is 25.7 Å². The lowest BCUT2D eigenvalue weighted by Crippen LogP contribution is -2.62. The lowest BCUT2D eigenvalue weighted by atomic mass is 9.45. The minimum Gasteiger partial charge on any atom is -0.390 e. The Morgan fingerprint density at radius 2 is 1.66 bits per heavy atom. The van der Waals surface area contributed by atoms with E-state index in [4.69, 9.17) is 18.9 Å². The van der Waals surface area contributed by atoms with Crippen molar-refractivity contribution in [2.24, 2.45) is 28.6 Å². The largest absolute Gasteiger partial charge is 0.390 e. The summed E-state index contributed by atoms with van der Waals surface area (Å²) < 4.78 is 26.2. The molecule has 242 valence electrons. The number of allylic oxidation sites excluding steroid dienone is 1. The number of carbonyl (C=O) groups excluding carboxylic acids is 1. The molecule has 7 nitrogen and oxygen atoms in total. The maximum Gasteiger partial charge on any atom is 0.184 e. The maximum atomic E-state index is 14.0. The maximum absolute atomic E-state index is 14.0. The zero-order chi connectivity index (χ0) is 31.5. The molecule has 1 aromatic carbocycles. The van der Waals surface area contributed by atoms with Crippen LogP contribution < -0.4 is 0 Å². The van der Waals surface area contributed by atoms with Crippen molar-refractivity contribution in [3.8, 4) is 0 Å². The third-order valence-electron chi connectivity index (χ3n) is 13.0. The topological polar surface area (TPSA) is 94.5 Å². The van der Waals surface area contributed by atoms with Crippen molar-refractivity contribution in [3.05, 3.63) is 47.5 Å². The predicted octanol–water partition coefficient (Wildman–Crippen LogP) is 6.41. The van der Waals surface area contributed by atoms with E-state index in [1.54, 1.807) is 0 Å². The fourth-order valence-corrected chi connectivity index (χ4v) is 10.9. The Labute approximate surface area is 262 Å². The molecule has 44 heavy (non-hydrogen) atoms. The van der Waals surface area contributed by atoms with Gasteiger partial charge in [-0.25, -0.2) is 0 Å². The molecule has 0 aromatic heterocycles. The summed E-state index contributed by atoms with van der Waals surface area (Å²) in [7, 11) is 0. The van der Waals surface area contributed by atoms with E-state index in [2.05, 4.69) is 20.8 Å². The van der Waals surface area contributed by atoms with Crippen molar-refractivity contribution in [2.75, 3.05) is 0 Å². The smallest absolute Gasteiger partial charge is 0.184 e. The number of aliphatic hydroxyl groups is 2. The van der Waals surface area contributed by atoms with Gasteiger partial charge in [-0.2, -0.15) is 0 Å². The van der Waals surface area contributed by atoms with Crippen LogP contribution in [0.2, 0.25) is 0 Å². The quantitative estimate of drug-likeness (QED) is 0.399. The standard InChI is InChI=1S/C37H52O7/c1-32(2,39)16-15-30-36(7,44-33(3,4)43-30)29-14-18-37(40)24-19-26(38)25-20-27-28(42-31(41-27)22-11-9-8-10-12-22)21-34(25,5)23(24)13-17-35(29,37)6/h8-12,19,23,25,27-31,39-40H,13-18,20-21H2,1-7H3/t23-,25-,27+,28-,29-,30+,31+,34+,35+,36+,37+/m0/s1. The molecule has 0 bridgehead atoms. The second kappa shape index (κ2) is 9.95. The molecule has 2 N–H and O–H groups in total. The van der Waals surface area contributed by atoms with Gasteiger partial charge in [0.15, 0.2) is 17.9 Å². The van der Waals surface area contributed by atoms with E-state index in [9.17, 15) is 15.0 Å². The highest BCUT2D eigenvalue weighted by Crippen LogP contribution is 2.70. The lowest BCUT2D eigenvalue weighted by Gasteiger charge is -2.60. The van der Waals surface area contributed by atoms with Gasteiger partial charge in [-0.15, -0.1) is 0 Å². The van der Waals surface area contributed by atoms with Gasteiger partial charge < -0.3 is 29.2 Å². The molecule has 7 heteroatoms. The van der Waals surface area contributed by atoms with Gasteiger partial charge in [0.25, 0.3) is 0 Å². The monoisotopic (exact) mass is 608 g/mol. The summed E-state index contributed by atoms with van der Waals surface area (Å²) in [4.78, 5) is 14.0. The minimum atomic E-state index is -1.10. The number of benzene rings is 1. The summed E-state index contributed by atoms with van der Waals surface area (Å²) in [5, 5.41) is 23.4. The minimum absolute atomic E-state index is 0.0324. The van der Waals surface area contributed by atoms with Gasteiger partial charge in [0.1, 0.15) is 0 Å². The fourth-order valence-electron chi connectivity index (χ4n) is 10.9. The normalized spacial score (nSPS) is 47.9. The molecule has 5 fully saturated rings. The Bertz CT molecular complexity index is 1330. The van der Waals surface area contributed by atoms with Crippen LogP contribution in [0.25, 0.3) is 0 Å².